The lowest BCUT2D eigenvalue weighted by Gasteiger charge is -2.12. The van der Waals surface area contributed by atoms with Gasteiger partial charge in [-0.3, -0.25) is 0 Å². The van der Waals surface area contributed by atoms with Crippen LogP contribution in [0.25, 0.3) is 0 Å². The Kier molecular flexibility index (Phi) is 3.26. The summed E-state index contributed by atoms with van der Waals surface area (Å²) in [7, 11) is 0. The summed E-state index contributed by atoms with van der Waals surface area (Å²) in [5.41, 5.74) is -0.131. The van der Waals surface area contributed by atoms with Crippen molar-refractivity contribution in [3.8, 4) is 0 Å². The first-order valence-electron chi connectivity index (χ1n) is 4.89. The molecule has 0 aliphatic carbocycles. The SMILES string of the molecule is OC(c1ccn(Cc2cccs2)c1)C(F)(F)F. The van der Waals surface area contributed by atoms with E-state index in [4.69, 9.17) is 5.11 Å². The number of rotatable bonds is 3. The van der Waals surface area contributed by atoms with Gasteiger partial charge in [0.05, 0.1) is 6.54 Å². The van der Waals surface area contributed by atoms with Gasteiger partial charge in [0.25, 0.3) is 0 Å². The summed E-state index contributed by atoms with van der Waals surface area (Å²) in [4.78, 5) is 1.05. The van der Waals surface area contributed by atoms with Gasteiger partial charge >= 0.3 is 6.18 Å². The fraction of sp³-hybridized carbons (Fsp3) is 0.273. The van der Waals surface area contributed by atoms with Crippen molar-refractivity contribution < 1.29 is 18.3 Å². The second-order valence-electron chi connectivity index (χ2n) is 3.64. The summed E-state index contributed by atoms with van der Waals surface area (Å²) in [6.45, 7) is 0.516. The van der Waals surface area contributed by atoms with Crippen LogP contribution in [-0.2, 0) is 6.54 Å². The molecule has 2 aromatic heterocycles. The molecule has 1 atom stereocenters. The molecule has 2 rings (SSSR count). The van der Waals surface area contributed by atoms with E-state index in [1.54, 1.807) is 4.57 Å². The van der Waals surface area contributed by atoms with E-state index in [0.29, 0.717) is 6.54 Å². The fourth-order valence-corrected chi connectivity index (χ4v) is 2.20. The summed E-state index contributed by atoms with van der Waals surface area (Å²) < 4.78 is 38.4. The molecular formula is C11H10F3NOS. The third-order valence-corrected chi connectivity index (χ3v) is 3.18. The van der Waals surface area contributed by atoms with Crippen LogP contribution in [0.15, 0.2) is 36.0 Å². The molecule has 2 aromatic rings. The lowest BCUT2D eigenvalue weighted by atomic mass is 10.2. The average molecular weight is 261 g/mol. The van der Waals surface area contributed by atoms with Crippen molar-refractivity contribution in [3.63, 3.8) is 0 Å². The van der Waals surface area contributed by atoms with Crippen molar-refractivity contribution in [2.45, 2.75) is 18.8 Å². The molecule has 0 saturated carbocycles. The third-order valence-electron chi connectivity index (χ3n) is 2.32. The van der Waals surface area contributed by atoms with Gasteiger partial charge in [0, 0.05) is 22.8 Å². The maximum Gasteiger partial charge on any atom is 0.418 e. The Morgan fingerprint density at radius 3 is 2.71 bits per heavy atom. The lowest BCUT2D eigenvalue weighted by Crippen LogP contribution is -2.19. The van der Waals surface area contributed by atoms with E-state index in [1.165, 1.54) is 29.8 Å². The Bertz CT molecular complexity index is 475. The Balaban J connectivity index is 2.11. The molecule has 2 nitrogen and oxygen atoms in total. The maximum atomic E-state index is 12.3. The fourth-order valence-electron chi connectivity index (χ4n) is 1.49. The van der Waals surface area contributed by atoms with Crippen molar-refractivity contribution in [3.05, 3.63) is 46.4 Å². The van der Waals surface area contributed by atoms with Crippen molar-refractivity contribution in [1.82, 2.24) is 4.57 Å². The van der Waals surface area contributed by atoms with E-state index in [9.17, 15) is 13.2 Å². The maximum absolute atomic E-state index is 12.3. The zero-order valence-corrected chi connectivity index (χ0v) is 9.50. The lowest BCUT2D eigenvalue weighted by molar-refractivity contribution is -0.206. The second-order valence-corrected chi connectivity index (χ2v) is 4.67. The molecule has 1 unspecified atom stereocenters. The summed E-state index contributed by atoms with van der Waals surface area (Å²) in [6, 6.07) is 5.07. The molecule has 0 aliphatic heterocycles. The first kappa shape index (κ1) is 12.2. The first-order valence-corrected chi connectivity index (χ1v) is 5.77. The molecule has 0 aliphatic rings. The number of thiophene rings is 1. The smallest absolute Gasteiger partial charge is 0.379 e. The number of aliphatic hydroxyl groups excluding tert-OH is 1. The van der Waals surface area contributed by atoms with Crippen molar-refractivity contribution in [1.29, 1.82) is 0 Å². The van der Waals surface area contributed by atoms with Crippen molar-refractivity contribution in [2.75, 3.05) is 0 Å². The number of alkyl halides is 3. The van der Waals surface area contributed by atoms with Crippen LogP contribution in [0.5, 0.6) is 0 Å². The highest BCUT2D eigenvalue weighted by molar-refractivity contribution is 7.09. The van der Waals surface area contributed by atoms with Gasteiger partial charge < -0.3 is 9.67 Å². The molecule has 0 radical (unpaired) electrons. The minimum Gasteiger partial charge on any atom is -0.379 e. The molecule has 0 amide bonds. The second kappa shape index (κ2) is 4.54. The molecule has 0 bridgehead atoms. The van der Waals surface area contributed by atoms with Gasteiger partial charge in [-0.05, 0) is 17.5 Å². The monoisotopic (exact) mass is 261 g/mol. The summed E-state index contributed by atoms with van der Waals surface area (Å²) in [6.07, 6.45) is -4.18. The molecule has 0 fully saturated rings. The summed E-state index contributed by atoms with van der Waals surface area (Å²) in [5, 5.41) is 11.0. The van der Waals surface area contributed by atoms with E-state index in [2.05, 4.69) is 0 Å². The van der Waals surface area contributed by atoms with Gasteiger partial charge in [0.1, 0.15) is 0 Å². The standard InChI is InChI=1S/C11H10F3NOS/c12-11(13,14)10(16)8-3-4-15(6-8)7-9-2-1-5-17-9/h1-6,10,16H,7H2. The van der Waals surface area contributed by atoms with Gasteiger partial charge in [0.2, 0.25) is 0 Å². The van der Waals surface area contributed by atoms with E-state index >= 15 is 0 Å². The molecule has 0 spiro atoms. The molecule has 17 heavy (non-hydrogen) atoms. The van der Waals surface area contributed by atoms with E-state index in [-0.39, 0.29) is 5.56 Å². The Morgan fingerprint density at radius 2 is 2.12 bits per heavy atom. The number of aromatic nitrogens is 1. The number of nitrogens with zero attached hydrogens (tertiary/aromatic N) is 1. The van der Waals surface area contributed by atoms with Crippen molar-refractivity contribution >= 4 is 11.3 Å². The highest BCUT2D eigenvalue weighted by atomic mass is 32.1. The molecule has 0 aromatic carbocycles. The van der Waals surface area contributed by atoms with Crippen LogP contribution in [0, 0.1) is 0 Å². The first-order chi connectivity index (χ1) is 7.97. The molecule has 0 saturated heterocycles. The zero-order chi connectivity index (χ0) is 12.5. The number of hydrogen-bond acceptors (Lipinski definition) is 2. The predicted molar refractivity (Wildman–Crippen MR) is 58.9 cm³/mol. The van der Waals surface area contributed by atoms with Crippen LogP contribution in [0.4, 0.5) is 13.2 Å². The van der Waals surface area contributed by atoms with Crippen LogP contribution >= 0.6 is 11.3 Å². The molecular weight excluding hydrogens is 251 g/mol. The Labute approximate surface area is 99.9 Å². The normalized spacial score (nSPS) is 13.9. The Hall–Kier alpha value is -1.27. The number of halogens is 3. The van der Waals surface area contributed by atoms with Gasteiger partial charge in [-0.25, -0.2) is 0 Å². The predicted octanol–water partition coefficient (Wildman–Crippen LogP) is 3.19. The van der Waals surface area contributed by atoms with Crippen LogP contribution in [0.1, 0.15) is 16.5 Å². The molecule has 92 valence electrons. The van der Waals surface area contributed by atoms with Crippen LogP contribution in [0.2, 0.25) is 0 Å². The number of aliphatic hydroxyl groups is 1. The zero-order valence-electron chi connectivity index (χ0n) is 8.69. The molecule has 6 heteroatoms. The van der Waals surface area contributed by atoms with Crippen LogP contribution in [-0.4, -0.2) is 15.8 Å². The third kappa shape index (κ3) is 2.89. The topological polar surface area (TPSA) is 25.2 Å². The minimum atomic E-state index is -4.62. The van der Waals surface area contributed by atoms with Gasteiger partial charge in [-0.15, -0.1) is 11.3 Å². The van der Waals surface area contributed by atoms with Crippen LogP contribution < -0.4 is 0 Å². The summed E-state index contributed by atoms with van der Waals surface area (Å²) in [5.74, 6) is 0. The van der Waals surface area contributed by atoms with Gasteiger partial charge in [-0.1, -0.05) is 6.07 Å². The molecule has 1 N–H and O–H groups in total. The average Bonchev–Trinajstić information content (AvgIpc) is 2.87. The highest BCUT2D eigenvalue weighted by Gasteiger charge is 2.39. The number of hydrogen-bond donors (Lipinski definition) is 1. The highest BCUT2D eigenvalue weighted by Crippen LogP contribution is 2.32. The molecule has 2 heterocycles. The van der Waals surface area contributed by atoms with E-state index in [1.807, 2.05) is 17.5 Å². The van der Waals surface area contributed by atoms with E-state index in [0.717, 1.165) is 4.88 Å². The minimum absolute atomic E-state index is 0.131. The quantitative estimate of drug-likeness (QED) is 0.901. The van der Waals surface area contributed by atoms with Gasteiger partial charge in [0.15, 0.2) is 6.10 Å². The Morgan fingerprint density at radius 1 is 1.35 bits per heavy atom. The van der Waals surface area contributed by atoms with Crippen LogP contribution in [0.3, 0.4) is 0 Å². The van der Waals surface area contributed by atoms with E-state index < -0.39 is 12.3 Å². The summed E-state index contributed by atoms with van der Waals surface area (Å²) >= 11 is 1.54. The largest absolute Gasteiger partial charge is 0.418 e. The van der Waals surface area contributed by atoms with Gasteiger partial charge in [-0.2, -0.15) is 13.2 Å². The van der Waals surface area contributed by atoms with Crippen molar-refractivity contribution in [2.24, 2.45) is 0 Å².